The Labute approximate surface area is 166 Å². The molecule has 1 aromatic heterocycles. The Hall–Kier alpha value is -4.12. The number of carbonyl (C=O) groups excluding carboxylic acids is 2. The summed E-state index contributed by atoms with van der Waals surface area (Å²) in [7, 11) is 1.50. The van der Waals surface area contributed by atoms with Crippen LogP contribution in [0.2, 0.25) is 0 Å². The van der Waals surface area contributed by atoms with E-state index in [9.17, 15) is 14.7 Å². The lowest BCUT2D eigenvalue weighted by Gasteiger charge is -2.04. The Bertz CT molecular complexity index is 1140. The maximum atomic E-state index is 12.1. The first-order chi connectivity index (χ1) is 14.0. The van der Waals surface area contributed by atoms with Gasteiger partial charge < -0.3 is 15.2 Å². The van der Waals surface area contributed by atoms with E-state index in [0.717, 1.165) is 0 Å². The molecule has 1 heterocycles. The van der Waals surface area contributed by atoms with Crippen LogP contribution in [0.1, 0.15) is 10.4 Å². The average molecular weight is 390 g/mol. The van der Waals surface area contributed by atoms with E-state index in [0.29, 0.717) is 22.2 Å². The number of hydrogen-bond donors (Lipinski definition) is 2. The second kappa shape index (κ2) is 8.71. The van der Waals surface area contributed by atoms with Gasteiger partial charge in [-0.25, -0.2) is 0 Å². The van der Waals surface area contributed by atoms with Gasteiger partial charge in [0.15, 0.2) is 5.69 Å². The molecule has 0 radical (unpaired) electrons. The Morgan fingerprint density at radius 2 is 2.03 bits per heavy atom. The lowest BCUT2D eigenvalue weighted by atomic mass is 10.2. The number of benzene rings is 2. The third-order valence-corrected chi connectivity index (χ3v) is 4.16. The lowest BCUT2D eigenvalue weighted by molar-refractivity contribution is -0.117. The van der Waals surface area contributed by atoms with Gasteiger partial charge in [-0.1, -0.05) is 30.2 Å². The number of methoxy groups -OCH3 is 1. The highest BCUT2D eigenvalue weighted by Crippen LogP contribution is 2.38. The van der Waals surface area contributed by atoms with Crippen LogP contribution >= 0.6 is 0 Å². The van der Waals surface area contributed by atoms with E-state index in [4.69, 9.17) is 11.2 Å². The highest BCUT2D eigenvalue weighted by atomic mass is 16.5. The largest absolute Gasteiger partial charge is 0.497 e. The van der Waals surface area contributed by atoms with Crippen molar-refractivity contribution in [1.29, 1.82) is 0 Å². The van der Waals surface area contributed by atoms with E-state index in [1.165, 1.54) is 11.7 Å². The molecule has 0 aliphatic rings. The summed E-state index contributed by atoms with van der Waals surface area (Å²) < 4.78 is 6.56. The molecule has 0 unspecified atom stereocenters. The number of aromatic hydroxyl groups is 1. The minimum absolute atomic E-state index is 0.142. The summed E-state index contributed by atoms with van der Waals surface area (Å²) in [5.41, 5.74) is 1.17. The molecule has 0 aliphatic carbocycles. The summed E-state index contributed by atoms with van der Waals surface area (Å²) in [5, 5.41) is 21.0. The van der Waals surface area contributed by atoms with Crippen molar-refractivity contribution in [2.75, 3.05) is 13.7 Å². The van der Waals surface area contributed by atoms with Crippen molar-refractivity contribution >= 4 is 28.4 Å². The van der Waals surface area contributed by atoms with E-state index in [-0.39, 0.29) is 24.7 Å². The topological polar surface area (TPSA) is 105 Å². The molecule has 0 fully saturated rings. The van der Waals surface area contributed by atoms with Crippen LogP contribution in [0.25, 0.3) is 10.9 Å². The van der Waals surface area contributed by atoms with Crippen LogP contribution in [-0.4, -0.2) is 35.1 Å². The highest BCUT2D eigenvalue weighted by Gasteiger charge is 2.16. The number of nitrogens with one attached hydrogen (secondary N) is 1. The van der Waals surface area contributed by atoms with E-state index in [1.54, 1.807) is 48.5 Å². The number of hydrogen-bond acceptors (Lipinski definition) is 5. The molecule has 3 rings (SSSR count). The van der Waals surface area contributed by atoms with E-state index in [2.05, 4.69) is 21.5 Å². The lowest BCUT2D eigenvalue weighted by Crippen LogP contribution is -2.28. The normalized spacial score (nSPS) is 10.8. The van der Waals surface area contributed by atoms with Crippen LogP contribution in [0.15, 0.2) is 58.8 Å². The maximum absolute atomic E-state index is 12.1. The van der Waals surface area contributed by atoms with Crippen molar-refractivity contribution in [3.05, 3.63) is 54.1 Å². The summed E-state index contributed by atoms with van der Waals surface area (Å²) in [6.45, 7) is -0.199. The van der Waals surface area contributed by atoms with Crippen LogP contribution in [-0.2, 0) is 11.3 Å². The van der Waals surface area contributed by atoms with Crippen LogP contribution < -0.4 is 10.1 Å². The standard InChI is InChI=1S/C21H18N4O4/c1-3-11-25-17-10-5-4-9-16(17)19(21(25)28)24-23-18(26)13-22-20(27)14-7-6-8-15(12-14)29-2/h1,4-10,12,28H,11,13H2,2H3,(H,22,27). The number of azo groups is 1. The summed E-state index contributed by atoms with van der Waals surface area (Å²) in [6.07, 6.45) is 5.35. The first kappa shape index (κ1) is 19.6. The smallest absolute Gasteiger partial charge is 0.283 e. The minimum atomic E-state index is -0.672. The zero-order valence-electron chi connectivity index (χ0n) is 15.6. The molecule has 0 saturated heterocycles. The van der Waals surface area contributed by atoms with Crippen molar-refractivity contribution in [1.82, 2.24) is 9.88 Å². The molecule has 3 aromatic rings. The molecule has 2 amide bonds. The van der Waals surface area contributed by atoms with Gasteiger partial charge in [-0.15, -0.1) is 16.7 Å². The summed E-state index contributed by atoms with van der Waals surface area (Å²) in [6, 6.07) is 13.6. The average Bonchev–Trinajstić information content (AvgIpc) is 3.02. The predicted octanol–water partition coefficient (Wildman–Crippen LogP) is 3.03. The molecule has 2 aromatic carbocycles. The zero-order chi connectivity index (χ0) is 20.8. The SMILES string of the molecule is C#CCn1c(O)c(N=NC(=O)CNC(=O)c2cccc(OC)c2)c2ccccc21. The second-order valence-electron chi connectivity index (χ2n) is 5.99. The van der Waals surface area contributed by atoms with Gasteiger partial charge in [0.25, 0.3) is 11.8 Å². The minimum Gasteiger partial charge on any atom is -0.497 e. The van der Waals surface area contributed by atoms with Gasteiger partial charge in [0.2, 0.25) is 5.88 Å². The first-order valence-electron chi connectivity index (χ1n) is 8.65. The van der Waals surface area contributed by atoms with E-state index < -0.39 is 11.8 Å². The van der Waals surface area contributed by atoms with Gasteiger partial charge in [0.1, 0.15) is 12.3 Å². The number of amides is 2. The number of para-hydroxylation sites is 1. The zero-order valence-corrected chi connectivity index (χ0v) is 15.6. The molecule has 8 nitrogen and oxygen atoms in total. The number of fused-ring (bicyclic) bond motifs is 1. The highest BCUT2D eigenvalue weighted by molar-refractivity contribution is 5.97. The van der Waals surface area contributed by atoms with Crippen LogP contribution in [0, 0.1) is 12.3 Å². The Balaban J connectivity index is 1.72. The quantitative estimate of drug-likeness (QED) is 0.498. The van der Waals surface area contributed by atoms with Gasteiger partial charge in [0.05, 0.1) is 19.2 Å². The van der Waals surface area contributed by atoms with Crippen molar-refractivity contribution in [3.63, 3.8) is 0 Å². The summed E-state index contributed by atoms with van der Waals surface area (Å²) in [5.74, 6) is 1.69. The monoisotopic (exact) mass is 390 g/mol. The van der Waals surface area contributed by atoms with Gasteiger partial charge in [0, 0.05) is 10.9 Å². The number of carbonyl (C=O) groups is 2. The molecule has 0 bridgehead atoms. The van der Waals surface area contributed by atoms with Gasteiger partial charge >= 0.3 is 0 Å². The molecule has 0 aliphatic heterocycles. The fourth-order valence-corrected chi connectivity index (χ4v) is 2.78. The fraction of sp³-hybridized carbons (Fsp3) is 0.143. The number of rotatable bonds is 6. The maximum Gasteiger partial charge on any atom is 0.283 e. The second-order valence-corrected chi connectivity index (χ2v) is 5.99. The molecule has 0 spiro atoms. The Kier molecular flexibility index (Phi) is 5.90. The molecule has 0 atom stereocenters. The molecule has 8 heteroatoms. The third-order valence-electron chi connectivity index (χ3n) is 4.16. The predicted molar refractivity (Wildman–Crippen MR) is 107 cm³/mol. The molecule has 146 valence electrons. The Morgan fingerprint density at radius 3 is 2.79 bits per heavy atom. The molecular formula is C21H18N4O4. The number of terminal acetylenes is 1. The van der Waals surface area contributed by atoms with Gasteiger partial charge in [-0.05, 0) is 24.3 Å². The summed E-state index contributed by atoms with van der Waals surface area (Å²) >= 11 is 0. The van der Waals surface area contributed by atoms with Crippen LogP contribution in [0.3, 0.4) is 0 Å². The van der Waals surface area contributed by atoms with Crippen LogP contribution in [0.4, 0.5) is 5.69 Å². The molecule has 0 saturated carbocycles. The van der Waals surface area contributed by atoms with Crippen LogP contribution in [0.5, 0.6) is 11.6 Å². The van der Waals surface area contributed by atoms with E-state index >= 15 is 0 Å². The third kappa shape index (κ3) is 4.25. The number of ether oxygens (including phenoxy) is 1. The van der Waals surface area contributed by atoms with Gasteiger partial charge in [-0.3, -0.25) is 14.2 Å². The van der Waals surface area contributed by atoms with Crippen molar-refractivity contribution < 1.29 is 19.4 Å². The number of nitrogens with zero attached hydrogens (tertiary/aromatic N) is 3. The molecule has 29 heavy (non-hydrogen) atoms. The molecule has 2 N–H and O–H groups in total. The molecular weight excluding hydrogens is 372 g/mol. The first-order valence-corrected chi connectivity index (χ1v) is 8.65. The summed E-state index contributed by atoms with van der Waals surface area (Å²) in [4.78, 5) is 24.2. The van der Waals surface area contributed by atoms with Crippen molar-refractivity contribution in [3.8, 4) is 24.0 Å². The van der Waals surface area contributed by atoms with Crippen molar-refractivity contribution in [2.24, 2.45) is 10.2 Å². The fourth-order valence-electron chi connectivity index (χ4n) is 2.78. The van der Waals surface area contributed by atoms with Gasteiger partial charge in [-0.2, -0.15) is 0 Å². The van der Waals surface area contributed by atoms with Crippen molar-refractivity contribution in [2.45, 2.75) is 6.54 Å². The number of aromatic nitrogens is 1. The van der Waals surface area contributed by atoms with E-state index in [1.807, 2.05) is 0 Å². The Morgan fingerprint density at radius 1 is 1.24 bits per heavy atom.